The quantitative estimate of drug-likeness (QED) is 0.584. The number of nitriles is 1. The van der Waals surface area contributed by atoms with Gasteiger partial charge in [-0.05, 0) is 24.6 Å². The number of hydrogen-bond donors (Lipinski definition) is 1. The van der Waals surface area contributed by atoms with Crippen LogP contribution in [0.3, 0.4) is 0 Å². The van der Waals surface area contributed by atoms with Crippen molar-refractivity contribution >= 4 is 5.69 Å². The van der Waals surface area contributed by atoms with Crippen molar-refractivity contribution in [2.45, 2.75) is 6.92 Å². The van der Waals surface area contributed by atoms with E-state index < -0.39 is 10.5 Å². The number of non-ortho nitro benzene ring substituents is 1. The molecule has 0 fully saturated rings. The van der Waals surface area contributed by atoms with Gasteiger partial charge in [-0.25, -0.2) is 0 Å². The average Bonchev–Trinajstić information content (AvgIpc) is 2.62. The molecule has 7 nitrogen and oxygen atoms in total. The highest BCUT2D eigenvalue weighted by Gasteiger charge is 2.20. The minimum Gasteiger partial charge on any atom is -0.325 e. The van der Waals surface area contributed by atoms with Crippen molar-refractivity contribution < 1.29 is 4.92 Å². The monoisotopic (exact) mass is 332 g/mol. The minimum absolute atomic E-state index is 0.105. The fourth-order valence-corrected chi connectivity index (χ4v) is 2.72. The molecular weight excluding hydrogens is 320 g/mol. The van der Waals surface area contributed by atoms with Crippen LogP contribution in [0.1, 0.15) is 11.3 Å². The Morgan fingerprint density at radius 2 is 2.00 bits per heavy atom. The lowest BCUT2D eigenvalue weighted by Crippen LogP contribution is -2.15. The lowest BCUT2D eigenvalue weighted by molar-refractivity contribution is -0.384. The molecule has 0 saturated heterocycles. The average molecular weight is 332 g/mol. The summed E-state index contributed by atoms with van der Waals surface area (Å²) in [4.78, 5) is 29.8. The molecule has 3 aromatic rings. The van der Waals surface area contributed by atoms with Crippen LogP contribution in [-0.4, -0.2) is 14.9 Å². The van der Waals surface area contributed by atoms with Crippen molar-refractivity contribution in [1.29, 1.82) is 5.26 Å². The van der Waals surface area contributed by atoms with E-state index >= 15 is 0 Å². The van der Waals surface area contributed by atoms with E-state index in [1.165, 1.54) is 18.2 Å². The smallest absolute Gasteiger partial charge is 0.270 e. The number of nitrogens with one attached hydrogen (secondary N) is 1. The maximum Gasteiger partial charge on any atom is 0.270 e. The van der Waals surface area contributed by atoms with Crippen LogP contribution in [0.15, 0.2) is 53.5 Å². The van der Waals surface area contributed by atoms with Gasteiger partial charge in [0.25, 0.3) is 11.2 Å². The highest BCUT2D eigenvalue weighted by atomic mass is 16.6. The van der Waals surface area contributed by atoms with E-state index in [9.17, 15) is 20.2 Å². The molecule has 0 amide bonds. The van der Waals surface area contributed by atoms with Crippen LogP contribution in [0.25, 0.3) is 22.4 Å². The third-order valence-electron chi connectivity index (χ3n) is 3.78. The predicted octanol–water partition coefficient (Wildman–Crippen LogP) is 3.19. The molecule has 0 spiro atoms. The van der Waals surface area contributed by atoms with E-state index in [-0.39, 0.29) is 11.3 Å². The molecule has 0 aliphatic rings. The first kappa shape index (κ1) is 16.1. The molecule has 0 bridgehead atoms. The Hall–Kier alpha value is -3.79. The number of aromatic amines is 1. The fourth-order valence-electron chi connectivity index (χ4n) is 2.72. The van der Waals surface area contributed by atoms with Gasteiger partial charge in [-0.2, -0.15) is 5.26 Å². The standard InChI is InChI=1S/C18H12N4O3/c1-11-16(15-7-2-3-8-20-15)17(14(10-19)18(23)21-11)12-5-4-6-13(9-12)22(24)25/h2-9H,1H3,(H,21,23). The molecule has 1 N–H and O–H groups in total. The molecule has 25 heavy (non-hydrogen) atoms. The second-order valence-corrected chi connectivity index (χ2v) is 5.34. The predicted molar refractivity (Wildman–Crippen MR) is 91.8 cm³/mol. The lowest BCUT2D eigenvalue weighted by atomic mass is 9.92. The summed E-state index contributed by atoms with van der Waals surface area (Å²) in [5.74, 6) is 0. The van der Waals surface area contributed by atoms with E-state index in [4.69, 9.17) is 0 Å². The Morgan fingerprint density at radius 3 is 2.64 bits per heavy atom. The number of aryl methyl sites for hydroxylation is 1. The largest absolute Gasteiger partial charge is 0.325 e. The molecule has 0 atom stereocenters. The summed E-state index contributed by atoms with van der Waals surface area (Å²) in [7, 11) is 0. The maximum absolute atomic E-state index is 12.2. The molecule has 0 radical (unpaired) electrons. The fraction of sp³-hybridized carbons (Fsp3) is 0.0556. The number of aromatic nitrogens is 2. The number of nitrogens with zero attached hydrogens (tertiary/aromatic N) is 3. The van der Waals surface area contributed by atoms with Crippen molar-refractivity contribution in [2.75, 3.05) is 0 Å². The first-order valence-corrected chi connectivity index (χ1v) is 7.36. The van der Waals surface area contributed by atoms with Crippen molar-refractivity contribution in [1.82, 2.24) is 9.97 Å². The third-order valence-corrected chi connectivity index (χ3v) is 3.78. The van der Waals surface area contributed by atoms with Crippen molar-refractivity contribution in [3.05, 3.63) is 80.4 Å². The number of hydrogen-bond acceptors (Lipinski definition) is 5. The van der Waals surface area contributed by atoms with Crippen molar-refractivity contribution in [2.24, 2.45) is 0 Å². The van der Waals surface area contributed by atoms with E-state index in [0.717, 1.165) is 0 Å². The second-order valence-electron chi connectivity index (χ2n) is 5.34. The topological polar surface area (TPSA) is 113 Å². The Kier molecular flexibility index (Phi) is 4.10. The molecular formula is C18H12N4O3. The zero-order chi connectivity index (χ0) is 18.0. The number of rotatable bonds is 3. The summed E-state index contributed by atoms with van der Waals surface area (Å²) >= 11 is 0. The van der Waals surface area contributed by atoms with Crippen LogP contribution in [0.2, 0.25) is 0 Å². The van der Waals surface area contributed by atoms with Crippen LogP contribution in [0.4, 0.5) is 5.69 Å². The van der Waals surface area contributed by atoms with Crippen molar-refractivity contribution in [3.8, 4) is 28.5 Å². The minimum atomic E-state index is -0.541. The van der Waals surface area contributed by atoms with Gasteiger partial charge in [0, 0.05) is 35.2 Å². The summed E-state index contributed by atoms with van der Waals surface area (Å²) in [6, 6.07) is 13.1. The van der Waals surface area contributed by atoms with E-state index in [0.29, 0.717) is 28.1 Å². The SMILES string of the molecule is Cc1[nH]c(=O)c(C#N)c(-c2cccc([N+](=O)[O-])c2)c1-c1ccccn1. The first-order valence-electron chi connectivity index (χ1n) is 7.36. The third kappa shape index (κ3) is 2.88. The Balaban J connectivity index is 2.43. The summed E-state index contributed by atoms with van der Waals surface area (Å²) in [6.07, 6.45) is 1.60. The van der Waals surface area contributed by atoms with Gasteiger partial charge in [0.2, 0.25) is 0 Å². The number of nitro benzene ring substituents is 1. The number of nitro groups is 1. The molecule has 2 aromatic heterocycles. The number of pyridine rings is 2. The second kappa shape index (κ2) is 6.37. The zero-order valence-corrected chi connectivity index (χ0v) is 13.2. The van der Waals surface area contributed by atoms with Crippen LogP contribution < -0.4 is 5.56 Å². The molecule has 1 aromatic carbocycles. The first-order chi connectivity index (χ1) is 12.0. The van der Waals surface area contributed by atoms with Crippen LogP contribution in [-0.2, 0) is 0 Å². The van der Waals surface area contributed by atoms with E-state index in [1.807, 2.05) is 6.07 Å². The number of H-pyrrole nitrogens is 1. The summed E-state index contributed by atoms with van der Waals surface area (Å²) in [5.41, 5.74) is 1.65. The van der Waals surface area contributed by atoms with E-state index in [1.54, 1.807) is 37.4 Å². The Morgan fingerprint density at radius 1 is 1.20 bits per heavy atom. The summed E-state index contributed by atoms with van der Waals surface area (Å²) in [5, 5.41) is 20.6. The highest BCUT2D eigenvalue weighted by molar-refractivity contribution is 5.87. The molecule has 0 aliphatic heterocycles. The molecule has 0 aliphatic carbocycles. The molecule has 0 unspecified atom stereocenters. The molecule has 0 saturated carbocycles. The van der Waals surface area contributed by atoms with Crippen molar-refractivity contribution in [3.63, 3.8) is 0 Å². The van der Waals surface area contributed by atoms with Gasteiger partial charge >= 0.3 is 0 Å². The van der Waals surface area contributed by atoms with Gasteiger partial charge in [-0.15, -0.1) is 0 Å². The lowest BCUT2D eigenvalue weighted by Gasteiger charge is -2.13. The highest BCUT2D eigenvalue weighted by Crippen LogP contribution is 2.35. The van der Waals surface area contributed by atoms with Gasteiger partial charge in [0.15, 0.2) is 0 Å². The maximum atomic E-state index is 12.2. The Labute approximate surface area is 142 Å². The van der Waals surface area contributed by atoms with Gasteiger partial charge in [0.05, 0.1) is 10.6 Å². The molecule has 7 heteroatoms. The molecule has 3 rings (SSSR count). The summed E-state index contributed by atoms with van der Waals surface area (Å²) < 4.78 is 0. The summed E-state index contributed by atoms with van der Waals surface area (Å²) in [6.45, 7) is 1.70. The van der Waals surface area contributed by atoms with Crippen LogP contribution in [0.5, 0.6) is 0 Å². The molecule has 122 valence electrons. The van der Waals surface area contributed by atoms with Crippen LogP contribution in [0, 0.1) is 28.4 Å². The Bertz CT molecular complexity index is 1070. The zero-order valence-electron chi connectivity index (χ0n) is 13.2. The van der Waals surface area contributed by atoms with Gasteiger partial charge in [-0.3, -0.25) is 19.9 Å². The van der Waals surface area contributed by atoms with Crippen LogP contribution >= 0.6 is 0 Å². The number of benzene rings is 1. The van der Waals surface area contributed by atoms with Gasteiger partial charge in [-0.1, -0.05) is 18.2 Å². The normalized spacial score (nSPS) is 10.2. The van der Waals surface area contributed by atoms with E-state index in [2.05, 4.69) is 9.97 Å². The molecule has 2 heterocycles. The van der Waals surface area contributed by atoms with Gasteiger partial charge in [0.1, 0.15) is 11.6 Å². The van der Waals surface area contributed by atoms with Gasteiger partial charge < -0.3 is 4.98 Å².